The molecule has 0 heterocycles. The molecule has 0 atom stereocenters. The Labute approximate surface area is 219 Å². The van der Waals surface area contributed by atoms with Crippen LogP contribution >= 0.6 is 15.9 Å². The topological polar surface area (TPSA) is 71.3 Å². The molecule has 4 aromatic rings. The van der Waals surface area contributed by atoms with Gasteiger partial charge in [-0.1, -0.05) is 52.3 Å². The van der Waals surface area contributed by atoms with Crippen LogP contribution in [0.15, 0.2) is 88.9 Å². The van der Waals surface area contributed by atoms with Crippen molar-refractivity contribution in [3.05, 3.63) is 106 Å². The van der Waals surface area contributed by atoms with Crippen LogP contribution in [0.3, 0.4) is 0 Å². The number of nitrogens with one attached hydrogen (secondary N) is 1. The Morgan fingerprint density at radius 1 is 1.03 bits per heavy atom. The molecule has 0 saturated carbocycles. The maximum Gasteiger partial charge on any atom is 0.266 e. The fourth-order valence-corrected chi connectivity index (χ4v) is 4.23. The number of anilines is 1. The summed E-state index contributed by atoms with van der Waals surface area (Å²) in [5.41, 5.74) is 3.39. The van der Waals surface area contributed by atoms with Gasteiger partial charge in [-0.2, -0.15) is 5.26 Å². The van der Waals surface area contributed by atoms with Gasteiger partial charge in [0.25, 0.3) is 5.91 Å². The van der Waals surface area contributed by atoms with E-state index in [-0.39, 0.29) is 5.57 Å². The van der Waals surface area contributed by atoms with E-state index in [1.54, 1.807) is 30.3 Å². The zero-order chi connectivity index (χ0) is 25.5. The average Bonchev–Trinajstić information content (AvgIpc) is 2.88. The number of carbonyl (C=O) groups is 1. The summed E-state index contributed by atoms with van der Waals surface area (Å²) in [4.78, 5) is 12.8. The Morgan fingerprint density at radius 2 is 1.81 bits per heavy atom. The molecule has 1 N–H and O–H groups in total. The number of rotatable bonds is 8. The van der Waals surface area contributed by atoms with Crippen LogP contribution in [0.2, 0.25) is 0 Å². The number of aryl methyl sites for hydroxylation is 1. The van der Waals surface area contributed by atoms with Gasteiger partial charge in [0.1, 0.15) is 29.7 Å². The van der Waals surface area contributed by atoms with Crippen molar-refractivity contribution in [1.29, 1.82) is 5.26 Å². The monoisotopic (exact) mass is 540 g/mol. The summed E-state index contributed by atoms with van der Waals surface area (Å²) in [6.07, 6.45) is 1.54. The Balaban J connectivity index is 1.57. The van der Waals surface area contributed by atoms with Crippen molar-refractivity contribution in [3.8, 4) is 17.6 Å². The molecule has 180 valence electrons. The number of hydrogen-bond acceptors (Lipinski definition) is 4. The second kappa shape index (κ2) is 11.6. The molecule has 6 heteroatoms. The minimum absolute atomic E-state index is 0.0341. The molecule has 0 aliphatic rings. The van der Waals surface area contributed by atoms with Gasteiger partial charge in [0.05, 0.1) is 6.61 Å². The summed E-state index contributed by atoms with van der Waals surface area (Å²) in [6.45, 7) is 4.88. The Morgan fingerprint density at radius 3 is 2.56 bits per heavy atom. The first-order valence-corrected chi connectivity index (χ1v) is 12.3. The lowest BCUT2D eigenvalue weighted by Crippen LogP contribution is -2.13. The van der Waals surface area contributed by atoms with E-state index in [2.05, 4.69) is 52.4 Å². The molecule has 4 aromatic carbocycles. The van der Waals surface area contributed by atoms with Gasteiger partial charge < -0.3 is 14.8 Å². The molecule has 0 aromatic heterocycles. The first-order chi connectivity index (χ1) is 17.5. The maximum absolute atomic E-state index is 12.8. The van der Waals surface area contributed by atoms with Crippen LogP contribution in [0.25, 0.3) is 16.8 Å². The molecule has 0 aliphatic carbocycles. The number of nitriles is 1. The lowest BCUT2D eigenvalue weighted by Gasteiger charge is -2.14. The Hall–Kier alpha value is -4.08. The fraction of sp³-hybridized carbons (Fsp3) is 0.133. The minimum Gasteiger partial charge on any atom is -0.494 e. The second-order valence-electron chi connectivity index (χ2n) is 8.13. The smallest absolute Gasteiger partial charge is 0.266 e. The minimum atomic E-state index is -0.502. The summed E-state index contributed by atoms with van der Waals surface area (Å²) in [6, 6.07) is 26.9. The van der Waals surface area contributed by atoms with E-state index < -0.39 is 5.91 Å². The van der Waals surface area contributed by atoms with Crippen LogP contribution in [0.4, 0.5) is 5.69 Å². The predicted octanol–water partition coefficient (Wildman–Crippen LogP) is 7.43. The van der Waals surface area contributed by atoms with Crippen molar-refractivity contribution in [2.24, 2.45) is 0 Å². The average molecular weight is 541 g/mol. The summed E-state index contributed by atoms with van der Waals surface area (Å²) in [7, 11) is 0. The maximum atomic E-state index is 12.8. The van der Waals surface area contributed by atoms with E-state index in [9.17, 15) is 10.1 Å². The van der Waals surface area contributed by atoms with E-state index in [0.29, 0.717) is 36.0 Å². The van der Waals surface area contributed by atoms with Crippen LogP contribution in [0.1, 0.15) is 23.6 Å². The van der Waals surface area contributed by atoms with Crippen molar-refractivity contribution >= 4 is 44.4 Å². The van der Waals surface area contributed by atoms with E-state index in [1.807, 2.05) is 43.3 Å². The first kappa shape index (κ1) is 25.0. The molecule has 0 unspecified atom stereocenters. The van der Waals surface area contributed by atoms with Gasteiger partial charge in [-0.05, 0) is 78.7 Å². The van der Waals surface area contributed by atoms with E-state index >= 15 is 0 Å². The highest BCUT2D eigenvalue weighted by molar-refractivity contribution is 9.10. The van der Waals surface area contributed by atoms with Gasteiger partial charge in [0, 0.05) is 21.3 Å². The number of ether oxygens (including phenoxy) is 2. The number of carbonyl (C=O) groups excluding carboxylic acids is 1. The molecule has 4 rings (SSSR count). The van der Waals surface area contributed by atoms with Crippen molar-refractivity contribution < 1.29 is 14.3 Å². The van der Waals surface area contributed by atoms with Crippen LogP contribution in [0, 0.1) is 18.3 Å². The molecule has 36 heavy (non-hydrogen) atoms. The number of nitrogens with zero attached hydrogens (tertiary/aromatic N) is 1. The summed E-state index contributed by atoms with van der Waals surface area (Å²) >= 11 is 3.48. The lowest BCUT2D eigenvalue weighted by atomic mass is 10.0. The first-order valence-electron chi connectivity index (χ1n) is 11.5. The van der Waals surface area contributed by atoms with Crippen molar-refractivity contribution in [2.75, 3.05) is 11.9 Å². The van der Waals surface area contributed by atoms with Gasteiger partial charge in [0.15, 0.2) is 0 Å². The molecule has 0 radical (unpaired) electrons. The Bertz CT molecular complexity index is 1470. The number of benzene rings is 4. The molecule has 0 saturated heterocycles. The summed E-state index contributed by atoms with van der Waals surface area (Å²) in [5, 5.41) is 14.8. The SMILES string of the molecule is CCOc1ccc(NC(=O)/C(C#N)=C/c2cc(Br)ccc2OCc2c(C)ccc3ccccc23)cc1. The van der Waals surface area contributed by atoms with Crippen molar-refractivity contribution in [3.63, 3.8) is 0 Å². The van der Waals surface area contributed by atoms with Gasteiger partial charge in [-0.25, -0.2) is 0 Å². The third kappa shape index (κ3) is 5.94. The summed E-state index contributed by atoms with van der Waals surface area (Å²) < 4.78 is 12.5. The zero-order valence-electron chi connectivity index (χ0n) is 20.0. The van der Waals surface area contributed by atoms with Crippen molar-refractivity contribution in [2.45, 2.75) is 20.5 Å². The second-order valence-corrected chi connectivity index (χ2v) is 9.05. The highest BCUT2D eigenvalue weighted by Crippen LogP contribution is 2.29. The molecule has 1 amide bonds. The largest absolute Gasteiger partial charge is 0.494 e. The van der Waals surface area contributed by atoms with Crippen LogP contribution in [-0.4, -0.2) is 12.5 Å². The molecular weight excluding hydrogens is 516 g/mol. The summed E-state index contributed by atoms with van der Waals surface area (Å²) in [5.74, 6) is 0.786. The molecular formula is C30H25BrN2O3. The van der Waals surface area contributed by atoms with E-state index in [0.717, 1.165) is 26.4 Å². The normalized spacial score (nSPS) is 11.1. The van der Waals surface area contributed by atoms with E-state index in [4.69, 9.17) is 9.47 Å². The molecule has 0 spiro atoms. The Kier molecular flexibility index (Phi) is 8.04. The predicted molar refractivity (Wildman–Crippen MR) is 147 cm³/mol. The van der Waals surface area contributed by atoms with Gasteiger partial charge in [-0.15, -0.1) is 0 Å². The van der Waals surface area contributed by atoms with Gasteiger partial charge in [0.2, 0.25) is 0 Å². The number of hydrogen-bond donors (Lipinski definition) is 1. The third-order valence-electron chi connectivity index (χ3n) is 5.71. The number of amides is 1. The van der Waals surface area contributed by atoms with Crippen molar-refractivity contribution in [1.82, 2.24) is 0 Å². The number of fused-ring (bicyclic) bond motifs is 1. The van der Waals surface area contributed by atoms with Crippen LogP contribution in [0.5, 0.6) is 11.5 Å². The molecule has 0 fully saturated rings. The highest BCUT2D eigenvalue weighted by atomic mass is 79.9. The highest BCUT2D eigenvalue weighted by Gasteiger charge is 2.13. The lowest BCUT2D eigenvalue weighted by molar-refractivity contribution is -0.112. The number of halogens is 1. The zero-order valence-corrected chi connectivity index (χ0v) is 21.6. The van der Waals surface area contributed by atoms with E-state index in [1.165, 1.54) is 0 Å². The molecule has 0 bridgehead atoms. The molecule has 5 nitrogen and oxygen atoms in total. The quantitative estimate of drug-likeness (QED) is 0.186. The van der Waals surface area contributed by atoms with Gasteiger partial charge >= 0.3 is 0 Å². The standard InChI is InChI=1S/C30H25BrN2O3/c1-3-35-26-13-11-25(12-14-26)33-30(34)23(18-32)16-22-17-24(31)10-15-29(22)36-19-28-20(2)8-9-21-6-4-5-7-27(21)28/h4-17H,3,19H2,1-2H3,(H,33,34)/b23-16+. The fourth-order valence-electron chi connectivity index (χ4n) is 3.85. The third-order valence-corrected chi connectivity index (χ3v) is 6.20. The van der Waals surface area contributed by atoms with Crippen LogP contribution < -0.4 is 14.8 Å². The van der Waals surface area contributed by atoms with Crippen LogP contribution in [-0.2, 0) is 11.4 Å². The van der Waals surface area contributed by atoms with Gasteiger partial charge in [-0.3, -0.25) is 4.79 Å². The molecule has 0 aliphatic heterocycles.